The molecule has 0 amide bonds. The summed E-state index contributed by atoms with van der Waals surface area (Å²) < 4.78 is 10.2. The number of hydrogen-bond donors (Lipinski definition) is 0. The lowest BCUT2D eigenvalue weighted by Gasteiger charge is -2.11. The second-order valence-corrected chi connectivity index (χ2v) is 4.46. The van der Waals surface area contributed by atoms with Gasteiger partial charge in [-0.2, -0.15) is 0 Å². The fourth-order valence-corrected chi connectivity index (χ4v) is 2.07. The van der Waals surface area contributed by atoms with Crippen molar-refractivity contribution in [2.24, 2.45) is 0 Å². The second kappa shape index (κ2) is 5.74. The van der Waals surface area contributed by atoms with Gasteiger partial charge in [0.25, 0.3) is 0 Å². The van der Waals surface area contributed by atoms with Crippen LogP contribution in [0.4, 0.5) is 0 Å². The molecule has 20 heavy (non-hydrogen) atoms. The summed E-state index contributed by atoms with van der Waals surface area (Å²) in [5.74, 6) is -0.471. The first-order chi connectivity index (χ1) is 9.52. The van der Waals surface area contributed by atoms with Crippen LogP contribution in [0.15, 0.2) is 30.3 Å². The largest absolute Gasteiger partial charge is 0.462 e. The summed E-state index contributed by atoms with van der Waals surface area (Å²) in [6.07, 6.45) is 0. The molecular weight excluding hydrogens is 256 g/mol. The third kappa shape index (κ3) is 2.79. The van der Waals surface area contributed by atoms with Crippen LogP contribution in [0, 0.1) is 6.92 Å². The maximum absolute atomic E-state index is 11.9. The van der Waals surface area contributed by atoms with E-state index in [1.807, 2.05) is 25.1 Å². The van der Waals surface area contributed by atoms with Gasteiger partial charge < -0.3 is 9.47 Å². The van der Waals surface area contributed by atoms with Crippen LogP contribution in [-0.2, 0) is 9.53 Å². The molecule has 104 valence electrons. The van der Waals surface area contributed by atoms with Crippen molar-refractivity contribution in [3.05, 3.63) is 41.5 Å². The molecule has 0 radical (unpaired) electrons. The molecule has 0 heterocycles. The zero-order valence-corrected chi connectivity index (χ0v) is 11.7. The molecule has 0 bridgehead atoms. The van der Waals surface area contributed by atoms with E-state index >= 15 is 0 Å². The van der Waals surface area contributed by atoms with Crippen LogP contribution in [0.25, 0.3) is 10.8 Å². The highest BCUT2D eigenvalue weighted by atomic mass is 16.5. The van der Waals surface area contributed by atoms with Crippen LogP contribution < -0.4 is 4.74 Å². The van der Waals surface area contributed by atoms with Crippen LogP contribution >= 0.6 is 0 Å². The second-order valence-electron chi connectivity index (χ2n) is 4.46. The number of hydrogen-bond acceptors (Lipinski definition) is 4. The number of esters is 2. The van der Waals surface area contributed by atoms with E-state index < -0.39 is 11.9 Å². The number of benzene rings is 2. The molecule has 0 spiro atoms. The van der Waals surface area contributed by atoms with Crippen LogP contribution in [0.2, 0.25) is 0 Å². The van der Waals surface area contributed by atoms with E-state index in [0.717, 1.165) is 16.3 Å². The minimum Gasteiger partial charge on any atom is -0.462 e. The van der Waals surface area contributed by atoms with Gasteiger partial charge in [-0.1, -0.05) is 18.2 Å². The third-order valence-corrected chi connectivity index (χ3v) is 2.94. The Morgan fingerprint density at radius 1 is 1.15 bits per heavy atom. The number of fused-ring (bicyclic) bond motifs is 1. The maximum atomic E-state index is 11.9. The lowest BCUT2D eigenvalue weighted by atomic mass is 10.0. The van der Waals surface area contributed by atoms with E-state index in [1.165, 1.54) is 6.92 Å². The Labute approximate surface area is 117 Å². The van der Waals surface area contributed by atoms with Gasteiger partial charge in [0.1, 0.15) is 5.75 Å². The van der Waals surface area contributed by atoms with Crippen LogP contribution in [0.1, 0.15) is 29.8 Å². The molecule has 4 heteroatoms. The molecule has 4 nitrogen and oxygen atoms in total. The summed E-state index contributed by atoms with van der Waals surface area (Å²) in [6, 6.07) is 8.98. The average Bonchev–Trinajstić information content (AvgIpc) is 2.39. The third-order valence-electron chi connectivity index (χ3n) is 2.94. The summed E-state index contributed by atoms with van der Waals surface area (Å²) in [6.45, 7) is 5.32. The van der Waals surface area contributed by atoms with E-state index in [2.05, 4.69) is 0 Å². The number of carbonyl (C=O) groups is 2. The summed E-state index contributed by atoms with van der Waals surface area (Å²) in [5.41, 5.74) is 1.38. The highest BCUT2D eigenvalue weighted by Gasteiger charge is 2.14. The fraction of sp³-hybridized carbons (Fsp3) is 0.250. The smallest absolute Gasteiger partial charge is 0.338 e. The maximum Gasteiger partial charge on any atom is 0.338 e. The highest BCUT2D eigenvalue weighted by Crippen LogP contribution is 2.30. The van der Waals surface area contributed by atoms with Crippen LogP contribution in [0.5, 0.6) is 5.75 Å². The predicted molar refractivity (Wildman–Crippen MR) is 76.0 cm³/mol. The van der Waals surface area contributed by atoms with E-state index in [1.54, 1.807) is 19.1 Å². The Morgan fingerprint density at radius 2 is 1.90 bits per heavy atom. The first-order valence-corrected chi connectivity index (χ1v) is 6.42. The summed E-state index contributed by atoms with van der Waals surface area (Å²) >= 11 is 0. The monoisotopic (exact) mass is 272 g/mol. The Balaban J connectivity index is 2.64. The number of carbonyl (C=O) groups excluding carboxylic acids is 2. The standard InChI is InChI=1S/C16H16O4/c1-4-19-16(18)12-8-14-10(2)6-5-7-13(14)15(9-12)20-11(3)17/h5-9H,4H2,1-3H3. The Kier molecular flexibility index (Phi) is 4.03. The molecule has 0 saturated heterocycles. The zero-order chi connectivity index (χ0) is 14.7. The number of ether oxygens (including phenoxy) is 2. The van der Waals surface area contributed by atoms with Crippen molar-refractivity contribution >= 4 is 22.7 Å². The molecule has 0 N–H and O–H groups in total. The van der Waals surface area contributed by atoms with Gasteiger partial charge in [0.05, 0.1) is 12.2 Å². The minimum absolute atomic E-state index is 0.299. The van der Waals surface area contributed by atoms with Crippen molar-refractivity contribution in [3.63, 3.8) is 0 Å². The Bertz CT molecular complexity index is 673. The summed E-state index contributed by atoms with van der Waals surface area (Å²) in [5, 5.41) is 1.67. The topological polar surface area (TPSA) is 52.6 Å². The highest BCUT2D eigenvalue weighted by molar-refractivity contribution is 6.00. The van der Waals surface area contributed by atoms with Crippen molar-refractivity contribution in [2.75, 3.05) is 6.61 Å². The Hall–Kier alpha value is -2.36. The minimum atomic E-state index is -0.425. The number of aryl methyl sites for hydroxylation is 1. The van der Waals surface area contributed by atoms with Gasteiger partial charge in [0.2, 0.25) is 0 Å². The molecule has 0 aliphatic heterocycles. The fourth-order valence-electron chi connectivity index (χ4n) is 2.07. The van der Waals surface area contributed by atoms with Gasteiger partial charge >= 0.3 is 11.9 Å². The molecule has 0 atom stereocenters. The molecule has 0 unspecified atom stereocenters. The van der Waals surface area contributed by atoms with Crippen LogP contribution in [-0.4, -0.2) is 18.5 Å². The SMILES string of the molecule is CCOC(=O)c1cc(OC(C)=O)c2cccc(C)c2c1. The van der Waals surface area contributed by atoms with Crippen LogP contribution in [0.3, 0.4) is 0 Å². The summed E-state index contributed by atoms with van der Waals surface area (Å²) in [7, 11) is 0. The van der Waals surface area contributed by atoms with Crippen molar-refractivity contribution in [3.8, 4) is 5.75 Å². The Morgan fingerprint density at radius 3 is 2.55 bits per heavy atom. The predicted octanol–water partition coefficient (Wildman–Crippen LogP) is 3.25. The van der Waals surface area contributed by atoms with Crippen molar-refractivity contribution in [1.29, 1.82) is 0 Å². The van der Waals surface area contributed by atoms with Crippen molar-refractivity contribution < 1.29 is 19.1 Å². The van der Waals surface area contributed by atoms with E-state index in [0.29, 0.717) is 17.9 Å². The lowest BCUT2D eigenvalue weighted by molar-refractivity contribution is -0.131. The lowest BCUT2D eigenvalue weighted by Crippen LogP contribution is -2.07. The molecule has 0 aliphatic carbocycles. The quantitative estimate of drug-likeness (QED) is 0.635. The first-order valence-electron chi connectivity index (χ1n) is 6.42. The van der Waals surface area contributed by atoms with Gasteiger partial charge in [0.15, 0.2) is 0 Å². The molecule has 0 aromatic heterocycles. The zero-order valence-electron chi connectivity index (χ0n) is 11.7. The van der Waals surface area contributed by atoms with E-state index in [9.17, 15) is 9.59 Å². The van der Waals surface area contributed by atoms with Crippen molar-refractivity contribution in [2.45, 2.75) is 20.8 Å². The first kappa shape index (κ1) is 14.1. The van der Waals surface area contributed by atoms with Gasteiger partial charge in [0, 0.05) is 12.3 Å². The molecule has 2 aromatic rings. The molecule has 2 aromatic carbocycles. The summed E-state index contributed by atoms with van der Waals surface area (Å²) in [4.78, 5) is 23.1. The van der Waals surface area contributed by atoms with Crippen molar-refractivity contribution in [1.82, 2.24) is 0 Å². The van der Waals surface area contributed by atoms with Gasteiger partial charge in [-0.15, -0.1) is 0 Å². The van der Waals surface area contributed by atoms with Gasteiger partial charge in [-0.25, -0.2) is 4.79 Å². The molecular formula is C16H16O4. The molecule has 2 rings (SSSR count). The number of rotatable bonds is 3. The van der Waals surface area contributed by atoms with Gasteiger partial charge in [-0.3, -0.25) is 4.79 Å². The normalized spacial score (nSPS) is 10.3. The molecule has 0 saturated carbocycles. The van der Waals surface area contributed by atoms with Gasteiger partial charge in [-0.05, 0) is 36.9 Å². The molecule has 0 fully saturated rings. The van der Waals surface area contributed by atoms with E-state index in [4.69, 9.17) is 9.47 Å². The average molecular weight is 272 g/mol. The molecule has 0 aliphatic rings. The van der Waals surface area contributed by atoms with E-state index in [-0.39, 0.29) is 0 Å².